The molecule has 3 nitrogen and oxygen atoms in total. The van der Waals surface area contributed by atoms with Gasteiger partial charge < -0.3 is 4.90 Å². The maximum absolute atomic E-state index is 12.5. The first-order chi connectivity index (χ1) is 8.81. The predicted molar refractivity (Wildman–Crippen MR) is 65.8 cm³/mol. The number of amides is 1. The highest BCUT2D eigenvalue weighted by Gasteiger charge is 2.33. The van der Waals surface area contributed by atoms with Crippen LogP contribution in [0.1, 0.15) is 42.0 Å². The van der Waals surface area contributed by atoms with Gasteiger partial charge in [0.2, 0.25) is 0 Å². The van der Waals surface area contributed by atoms with E-state index in [1.165, 1.54) is 13.0 Å². The molecule has 6 heteroatoms. The lowest BCUT2D eigenvalue weighted by atomic mass is 10.1. The fourth-order valence-electron chi connectivity index (χ4n) is 1.79. The number of hydrogen-bond donors (Lipinski definition) is 0. The van der Waals surface area contributed by atoms with Crippen molar-refractivity contribution in [3.8, 4) is 0 Å². The molecular formula is C13H17F3N2O. The van der Waals surface area contributed by atoms with Gasteiger partial charge in [0, 0.05) is 13.1 Å². The molecule has 0 spiro atoms. The zero-order chi connectivity index (χ0) is 14.6. The number of carbonyl (C=O) groups excluding carboxylic acids is 1. The fraction of sp³-hybridized carbons (Fsp3) is 0.538. The molecule has 0 unspecified atom stereocenters. The van der Waals surface area contributed by atoms with E-state index in [2.05, 4.69) is 4.98 Å². The number of aromatic nitrogens is 1. The first-order valence-corrected chi connectivity index (χ1v) is 6.15. The molecule has 106 valence electrons. The van der Waals surface area contributed by atoms with Crippen LogP contribution < -0.4 is 0 Å². The van der Waals surface area contributed by atoms with Gasteiger partial charge in [0.25, 0.3) is 5.91 Å². The Bertz CT molecular complexity index is 458. The smallest absolute Gasteiger partial charge is 0.339 e. The van der Waals surface area contributed by atoms with E-state index in [1.54, 1.807) is 4.90 Å². The van der Waals surface area contributed by atoms with E-state index in [4.69, 9.17) is 0 Å². The molecule has 0 N–H and O–H groups in total. The van der Waals surface area contributed by atoms with Gasteiger partial charge in [0.15, 0.2) is 0 Å². The third-order valence-electron chi connectivity index (χ3n) is 2.77. The molecule has 0 atom stereocenters. The van der Waals surface area contributed by atoms with Crippen LogP contribution in [-0.2, 0) is 6.18 Å². The van der Waals surface area contributed by atoms with E-state index < -0.39 is 11.9 Å². The van der Waals surface area contributed by atoms with Gasteiger partial charge in [-0.2, -0.15) is 13.2 Å². The summed E-state index contributed by atoms with van der Waals surface area (Å²) in [6.07, 6.45) is -3.69. The highest BCUT2D eigenvalue weighted by Crippen LogP contribution is 2.28. The van der Waals surface area contributed by atoms with Crippen molar-refractivity contribution >= 4 is 5.91 Å². The Kier molecular flexibility index (Phi) is 4.91. The Morgan fingerprint density at radius 3 is 2.37 bits per heavy atom. The Morgan fingerprint density at radius 1 is 1.32 bits per heavy atom. The molecule has 0 saturated heterocycles. The van der Waals surface area contributed by atoms with Crippen LogP contribution in [-0.4, -0.2) is 28.9 Å². The van der Waals surface area contributed by atoms with Gasteiger partial charge in [0.05, 0.1) is 11.3 Å². The maximum Gasteiger partial charge on any atom is 0.433 e. The maximum atomic E-state index is 12.5. The van der Waals surface area contributed by atoms with E-state index >= 15 is 0 Å². The number of nitrogens with zero attached hydrogens (tertiary/aromatic N) is 2. The molecule has 0 saturated carbocycles. The predicted octanol–water partition coefficient (Wildman–Crippen LogP) is 3.28. The standard InChI is InChI=1S/C13H17F3N2O/c1-4-8-18(5-2)12(19)10-6-7-11(13(14,15)16)17-9(10)3/h6-7H,4-5,8H2,1-3H3. The lowest BCUT2D eigenvalue weighted by Crippen LogP contribution is -2.32. The van der Waals surface area contributed by atoms with Gasteiger partial charge in [-0.15, -0.1) is 0 Å². The van der Waals surface area contributed by atoms with Crippen molar-refractivity contribution in [1.82, 2.24) is 9.88 Å². The van der Waals surface area contributed by atoms with Crippen LogP contribution in [0.15, 0.2) is 12.1 Å². The van der Waals surface area contributed by atoms with Gasteiger partial charge >= 0.3 is 6.18 Å². The highest BCUT2D eigenvalue weighted by molar-refractivity contribution is 5.95. The zero-order valence-corrected chi connectivity index (χ0v) is 11.2. The van der Waals surface area contributed by atoms with Crippen molar-refractivity contribution in [2.24, 2.45) is 0 Å². The number of hydrogen-bond acceptors (Lipinski definition) is 2. The van der Waals surface area contributed by atoms with Crippen LogP contribution in [0, 0.1) is 6.92 Å². The Morgan fingerprint density at radius 2 is 1.95 bits per heavy atom. The van der Waals surface area contributed by atoms with Gasteiger partial charge in [-0.3, -0.25) is 4.79 Å². The first-order valence-electron chi connectivity index (χ1n) is 6.15. The zero-order valence-electron chi connectivity index (χ0n) is 11.2. The van der Waals surface area contributed by atoms with Crippen LogP contribution in [0.2, 0.25) is 0 Å². The minimum atomic E-state index is -4.49. The Balaban J connectivity index is 3.05. The van der Waals surface area contributed by atoms with Crippen molar-refractivity contribution in [3.05, 3.63) is 29.1 Å². The van der Waals surface area contributed by atoms with Crippen LogP contribution in [0.4, 0.5) is 13.2 Å². The van der Waals surface area contributed by atoms with Crippen molar-refractivity contribution < 1.29 is 18.0 Å². The van der Waals surface area contributed by atoms with Crippen LogP contribution in [0.5, 0.6) is 0 Å². The summed E-state index contributed by atoms with van der Waals surface area (Å²) in [7, 11) is 0. The molecule has 1 amide bonds. The molecule has 0 aromatic carbocycles. The van der Waals surface area contributed by atoms with E-state index in [9.17, 15) is 18.0 Å². The molecule has 0 aliphatic rings. The minimum Gasteiger partial charge on any atom is -0.339 e. The number of rotatable bonds is 4. The average Bonchev–Trinajstić information content (AvgIpc) is 2.34. The number of alkyl halides is 3. The Hall–Kier alpha value is -1.59. The molecule has 0 bridgehead atoms. The molecular weight excluding hydrogens is 257 g/mol. The van der Waals surface area contributed by atoms with Gasteiger partial charge in [-0.1, -0.05) is 6.92 Å². The summed E-state index contributed by atoms with van der Waals surface area (Å²) >= 11 is 0. The normalized spacial score (nSPS) is 11.5. The van der Waals surface area contributed by atoms with E-state index in [1.807, 2.05) is 13.8 Å². The number of pyridine rings is 1. The lowest BCUT2D eigenvalue weighted by Gasteiger charge is -2.21. The van der Waals surface area contributed by atoms with E-state index in [0.29, 0.717) is 13.1 Å². The second-order valence-electron chi connectivity index (χ2n) is 4.21. The third kappa shape index (κ3) is 3.68. The number of halogens is 3. The first kappa shape index (κ1) is 15.5. The summed E-state index contributed by atoms with van der Waals surface area (Å²) in [5.74, 6) is -0.275. The van der Waals surface area contributed by atoms with Gasteiger partial charge in [-0.05, 0) is 32.4 Å². The highest BCUT2D eigenvalue weighted by atomic mass is 19.4. The summed E-state index contributed by atoms with van der Waals surface area (Å²) in [6, 6.07) is 2.05. The molecule has 1 aromatic rings. The number of aryl methyl sites for hydroxylation is 1. The summed E-state index contributed by atoms with van der Waals surface area (Å²) in [5, 5.41) is 0. The summed E-state index contributed by atoms with van der Waals surface area (Å²) < 4.78 is 37.5. The molecule has 0 aliphatic carbocycles. The van der Waals surface area contributed by atoms with E-state index in [0.717, 1.165) is 12.5 Å². The topological polar surface area (TPSA) is 33.2 Å². The van der Waals surface area contributed by atoms with Crippen LogP contribution in [0.3, 0.4) is 0 Å². The fourth-order valence-corrected chi connectivity index (χ4v) is 1.79. The van der Waals surface area contributed by atoms with Crippen molar-refractivity contribution in [3.63, 3.8) is 0 Å². The minimum absolute atomic E-state index is 0.106. The average molecular weight is 274 g/mol. The molecule has 1 heterocycles. The van der Waals surface area contributed by atoms with Crippen LogP contribution in [0.25, 0.3) is 0 Å². The monoisotopic (exact) mass is 274 g/mol. The second-order valence-corrected chi connectivity index (χ2v) is 4.21. The molecule has 0 radical (unpaired) electrons. The summed E-state index contributed by atoms with van der Waals surface area (Å²) in [6.45, 7) is 6.29. The largest absolute Gasteiger partial charge is 0.433 e. The SMILES string of the molecule is CCCN(CC)C(=O)c1ccc(C(F)(F)F)nc1C. The lowest BCUT2D eigenvalue weighted by molar-refractivity contribution is -0.141. The van der Waals surface area contributed by atoms with Gasteiger partial charge in [-0.25, -0.2) is 4.98 Å². The van der Waals surface area contributed by atoms with Crippen molar-refractivity contribution in [2.75, 3.05) is 13.1 Å². The number of carbonyl (C=O) groups is 1. The summed E-state index contributed by atoms with van der Waals surface area (Å²) in [5.41, 5.74) is -0.641. The molecule has 0 aliphatic heterocycles. The second kappa shape index (κ2) is 6.04. The molecule has 1 rings (SSSR count). The molecule has 0 fully saturated rings. The quantitative estimate of drug-likeness (QED) is 0.844. The van der Waals surface area contributed by atoms with Crippen LogP contribution >= 0.6 is 0 Å². The Labute approximate surface area is 110 Å². The van der Waals surface area contributed by atoms with Gasteiger partial charge in [0.1, 0.15) is 5.69 Å². The van der Waals surface area contributed by atoms with Crippen molar-refractivity contribution in [1.29, 1.82) is 0 Å². The molecule has 19 heavy (non-hydrogen) atoms. The molecule has 1 aromatic heterocycles. The van der Waals surface area contributed by atoms with E-state index in [-0.39, 0.29) is 17.2 Å². The summed E-state index contributed by atoms with van der Waals surface area (Å²) in [4.78, 5) is 17.2. The van der Waals surface area contributed by atoms with Crippen molar-refractivity contribution in [2.45, 2.75) is 33.4 Å². The third-order valence-corrected chi connectivity index (χ3v) is 2.77.